The first kappa shape index (κ1) is 18.5. The molecule has 9 heteroatoms. The molecule has 0 radical (unpaired) electrons. The molecule has 1 aliphatic heterocycles. The summed E-state index contributed by atoms with van der Waals surface area (Å²) in [5, 5.41) is 0. The molecule has 26 heavy (non-hydrogen) atoms. The van der Waals surface area contributed by atoms with E-state index in [1.807, 2.05) is 0 Å². The Balaban J connectivity index is 2.25. The summed E-state index contributed by atoms with van der Waals surface area (Å²) in [7, 11) is -8.38. The van der Waals surface area contributed by atoms with Crippen LogP contribution in [0.5, 0.6) is 0 Å². The van der Waals surface area contributed by atoms with Gasteiger partial charge in [0.1, 0.15) is 5.82 Å². The van der Waals surface area contributed by atoms with Crippen LogP contribution in [0.2, 0.25) is 0 Å². The number of benzene rings is 2. The van der Waals surface area contributed by atoms with Crippen LogP contribution in [0, 0.1) is 5.82 Å². The highest BCUT2D eigenvalue weighted by atomic mass is 32.2. The summed E-state index contributed by atoms with van der Waals surface area (Å²) < 4.78 is 69.6. The summed E-state index contributed by atoms with van der Waals surface area (Å²) in [5.74, 6) is -2.20. The number of hydrogen-bond acceptors (Lipinski definition) is 6. The molecular formula is C17H15FO6S2. The highest BCUT2D eigenvalue weighted by molar-refractivity contribution is 7.97. The Morgan fingerprint density at radius 2 is 1.50 bits per heavy atom. The Morgan fingerprint density at radius 1 is 0.962 bits per heavy atom. The van der Waals surface area contributed by atoms with Crippen molar-refractivity contribution in [3.8, 4) is 0 Å². The molecule has 138 valence electrons. The lowest BCUT2D eigenvalue weighted by Gasteiger charge is -2.21. The normalized spacial score (nSPS) is 17.7. The third kappa shape index (κ3) is 2.71. The van der Waals surface area contributed by atoms with Gasteiger partial charge in [-0.15, -0.1) is 0 Å². The average molecular weight is 398 g/mol. The smallest absolute Gasteiger partial charge is 0.313 e. The molecule has 3 rings (SSSR count). The van der Waals surface area contributed by atoms with E-state index in [9.17, 15) is 26.0 Å². The average Bonchev–Trinajstić information content (AvgIpc) is 2.59. The lowest BCUT2D eigenvalue weighted by atomic mass is 10.0. The van der Waals surface area contributed by atoms with Crippen molar-refractivity contribution >= 4 is 25.6 Å². The first-order valence-corrected chi connectivity index (χ1v) is 10.7. The minimum absolute atomic E-state index is 0.160. The Hall–Kier alpha value is -2.26. The van der Waals surface area contributed by atoms with Crippen LogP contribution in [0.25, 0.3) is 0 Å². The standard InChI is InChI=1S/C17H15FO6S2/c1-3-24-17(19)10(2)11-4-6-13-15(8-11)26(22,23)16-9-12(18)5-7-14(16)25(13,20)21/h4-10H,3H2,1-2H3. The van der Waals surface area contributed by atoms with Gasteiger partial charge in [0.2, 0.25) is 19.7 Å². The number of esters is 1. The number of ether oxygens (including phenoxy) is 1. The van der Waals surface area contributed by atoms with Crippen LogP contribution in [0.1, 0.15) is 25.3 Å². The van der Waals surface area contributed by atoms with Crippen molar-refractivity contribution in [2.24, 2.45) is 0 Å². The van der Waals surface area contributed by atoms with Gasteiger partial charge >= 0.3 is 5.97 Å². The van der Waals surface area contributed by atoms with Gasteiger partial charge in [0.05, 0.1) is 32.1 Å². The number of sulfone groups is 2. The van der Waals surface area contributed by atoms with E-state index in [-0.39, 0.29) is 6.61 Å². The van der Waals surface area contributed by atoms with Gasteiger partial charge in [-0.2, -0.15) is 0 Å². The largest absolute Gasteiger partial charge is 0.466 e. The van der Waals surface area contributed by atoms with E-state index in [0.29, 0.717) is 11.6 Å². The Bertz CT molecular complexity index is 1120. The Kier molecular flexibility index (Phi) is 4.40. The zero-order chi connectivity index (χ0) is 19.3. The maximum atomic E-state index is 13.5. The summed E-state index contributed by atoms with van der Waals surface area (Å²) in [5.41, 5.74) is 0.292. The molecule has 2 aromatic carbocycles. The summed E-state index contributed by atoms with van der Waals surface area (Å²) in [4.78, 5) is 9.98. The second-order valence-electron chi connectivity index (χ2n) is 5.78. The minimum Gasteiger partial charge on any atom is -0.466 e. The van der Waals surface area contributed by atoms with E-state index < -0.39 is 57.0 Å². The quantitative estimate of drug-likeness (QED) is 0.497. The van der Waals surface area contributed by atoms with Gasteiger partial charge in [0, 0.05) is 0 Å². The van der Waals surface area contributed by atoms with Gasteiger partial charge in [-0.1, -0.05) is 6.07 Å². The fourth-order valence-electron chi connectivity index (χ4n) is 2.78. The Morgan fingerprint density at radius 3 is 2.12 bits per heavy atom. The zero-order valence-corrected chi connectivity index (χ0v) is 15.5. The van der Waals surface area contributed by atoms with E-state index in [0.717, 1.165) is 24.3 Å². The highest BCUT2D eigenvalue weighted by Crippen LogP contribution is 2.41. The van der Waals surface area contributed by atoms with Crippen molar-refractivity contribution in [2.75, 3.05) is 6.61 Å². The second-order valence-corrected chi connectivity index (χ2v) is 9.55. The number of rotatable bonds is 3. The van der Waals surface area contributed by atoms with E-state index in [2.05, 4.69) is 0 Å². The maximum Gasteiger partial charge on any atom is 0.313 e. The van der Waals surface area contributed by atoms with Crippen molar-refractivity contribution in [2.45, 2.75) is 39.3 Å². The van der Waals surface area contributed by atoms with Gasteiger partial charge in [0.25, 0.3) is 0 Å². The molecule has 0 bridgehead atoms. The first-order chi connectivity index (χ1) is 12.1. The van der Waals surface area contributed by atoms with Crippen LogP contribution in [-0.4, -0.2) is 29.4 Å². The minimum atomic E-state index is -4.26. The third-order valence-electron chi connectivity index (χ3n) is 4.17. The molecule has 0 aliphatic carbocycles. The van der Waals surface area contributed by atoms with E-state index in [1.165, 1.54) is 13.0 Å². The van der Waals surface area contributed by atoms with Gasteiger partial charge in [-0.3, -0.25) is 4.79 Å². The summed E-state index contributed by atoms with van der Waals surface area (Å²) in [6, 6.07) is 6.19. The van der Waals surface area contributed by atoms with Crippen LogP contribution < -0.4 is 0 Å². The first-order valence-electron chi connectivity index (χ1n) is 7.71. The monoisotopic (exact) mass is 398 g/mol. The van der Waals surface area contributed by atoms with Gasteiger partial charge in [0.15, 0.2) is 0 Å². The number of halogens is 1. The fraction of sp³-hybridized carbons (Fsp3) is 0.235. The van der Waals surface area contributed by atoms with Gasteiger partial charge in [-0.25, -0.2) is 21.2 Å². The fourth-order valence-corrected chi connectivity index (χ4v) is 6.94. The van der Waals surface area contributed by atoms with Crippen LogP contribution in [0.4, 0.5) is 4.39 Å². The highest BCUT2D eigenvalue weighted by Gasteiger charge is 2.40. The molecule has 0 fully saturated rings. The molecule has 2 aromatic rings. The predicted molar refractivity (Wildman–Crippen MR) is 88.8 cm³/mol. The Labute approximate surface area is 150 Å². The second kappa shape index (κ2) is 6.17. The lowest BCUT2D eigenvalue weighted by Crippen LogP contribution is -2.21. The zero-order valence-electron chi connectivity index (χ0n) is 13.9. The molecule has 6 nitrogen and oxygen atoms in total. The van der Waals surface area contributed by atoms with Gasteiger partial charge < -0.3 is 4.74 Å². The molecular weight excluding hydrogens is 383 g/mol. The van der Waals surface area contributed by atoms with Crippen molar-refractivity contribution in [1.29, 1.82) is 0 Å². The number of hydrogen-bond donors (Lipinski definition) is 0. The van der Waals surface area contributed by atoms with E-state index >= 15 is 0 Å². The topological polar surface area (TPSA) is 94.6 Å². The maximum absolute atomic E-state index is 13.5. The molecule has 0 saturated carbocycles. The molecule has 0 aromatic heterocycles. The van der Waals surface area contributed by atoms with Crippen LogP contribution in [-0.2, 0) is 29.2 Å². The van der Waals surface area contributed by atoms with Gasteiger partial charge in [-0.05, 0) is 49.7 Å². The van der Waals surface area contributed by atoms with E-state index in [1.54, 1.807) is 6.92 Å². The summed E-state index contributed by atoms with van der Waals surface area (Å²) in [6.45, 7) is 3.32. The number of carbonyl (C=O) groups is 1. The molecule has 0 N–H and O–H groups in total. The molecule has 0 spiro atoms. The summed E-state index contributed by atoms with van der Waals surface area (Å²) >= 11 is 0. The number of carbonyl (C=O) groups excluding carboxylic acids is 1. The van der Waals surface area contributed by atoms with Crippen LogP contribution >= 0.6 is 0 Å². The molecule has 0 saturated heterocycles. The summed E-state index contributed by atoms with van der Waals surface area (Å²) in [6.07, 6.45) is 0. The van der Waals surface area contributed by atoms with Crippen LogP contribution in [0.3, 0.4) is 0 Å². The van der Waals surface area contributed by atoms with Crippen molar-refractivity contribution in [1.82, 2.24) is 0 Å². The predicted octanol–water partition coefficient (Wildman–Crippen LogP) is 2.47. The SMILES string of the molecule is CCOC(=O)C(C)c1ccc2c(c1)S(=O)(=O)c1cc(F)ccc1S2(=O)=O. The molecule has 1 aliphatic rings. The van der Waals surface area contributed by atoms with E-state index in [4.69, 9.17) is 4.74 Å². The van der Waals surface area contributed by atoms with Crippen molar-refractivity contribution < 1.29 is 30.8 Å². The third-order valence-corrected chi connectivity index (χ3v) is 8.13. The lowest BCUT2D eigenvalue weighted by molar-refractivity contribution is -0.144. The molecule has 1 unspecified atom stereocenters. The number of fused-ring (bicyclic) bond motifs is 2. The molecule has 1 heterocycles. The van der Waals surface area contributed by atoms with Crippen molar-refractivity contribution in [3.05, 3.63) is 47.8 Å². The molecule has 1 atom stereocenters. The molecule has 0 amide bonds. The van der Waals surface area contributed by atoms with Crippen LogP contribution in [0.15, 0.2) is 56.0 Å². The van der Waals surface area contributed by atoms with Crippen molar-refractivity contribution in [3.63, 3.8) is 0 Å².